The predicted octanol–water partition coefficient (Wildman–Crippen LogP) is 1.96. The Kier molecular flexibility index (Phi) is 4.92. The molecular weight excluding hydrogens is 229 g/mol. The van der Waals surface area contributed by atoms with Crippen LogP contribution in [0.5, 0.6) is 0 Å². The van der Waals surface area contributed by atoms with E-state index in [1.807, 2.05) is 0 Å². The summed E-state index contributed by atoms with van der Waals surface area (Å²) in [6, 6.07) is -1.33. The Labute approximate surface area is 100 Å². The average Bonchev–Trinajstić information content (AvgIpc) is 2.10. The van der Waals surface area contributed by atoms with Crippen LogP contribution in [0.3, 0.4) is 0 Å². The van der Waals surface area contributed by atoms with Crippen molar-refractivity contribution in [2.75, 3.05) is 6.67 Å². The Hall–Kier alpha value is -1.33. The minimum atomic E-state index is -1.33. The Morgan fingerprint density at radius 2 is 1.76 bits per heavy atom. The van der Waals surface area contributed by atoms with Crippen LogP contribution in [0, 0.1) is 5.41 Å². The van der Waals surface area contributed by atoms with Gasteiger partial charge in [-0.25, -0.2) is 9.59 Å². The van der Waals surface area contributed by atoms with Gasteiger partial charge >= 0.3 is 12.1 Å². The van der Waals surface area contributed by atoms with Crippen molar-refractivity contribution < 1.29 is 23.8 Å². The van der Waals surface area contributed by atoms with Crippen LogP contribution in [0.1, 0.15) is 34.6 Å². The van der Waals surface area contributed by atoms with E-state index in [4.69, 9.17) is 9.84 Å². The monoisotopic (exact) mass is 249 g/mol. The van der Waals surface area contributed by atoms with Gasteiger partial charge in [-0.1, -0.05) is 13.8 Å². The zero-order valence-electron chi connectivity index (χ0n) is 10.8. The van der Waals surface area contributed by atoms with E-state index in [1.165, 1.54) is 13.8 Å². The molecule has 0 aliphatic rings. The summed E-state index contributed by atoms with van der Waals surface area (Å²) in [5.41, 5.74) is -1.92. The number of ether oxygens (including phenoxy) is 1. The van der Waals surface area contributed by atoms with Gasteiger partial charge in [0.2, 0.25) is 0 Å². The fraction of sp³-hybridized carbons (Fsp3) is 0.818. The van der Waals surface area contributed by atoms with Gasteiger partial charge in [0, 0.05) is 5.41 Å². The van der Waals surface area contributed by atoms with Crippen molar-refractivity contribution in [1.82, 2.24) is 5.32 Å². The van der Waals surface area contributed by atoms with Crippen molar-refractivity contribution in [3.05, 3.63) is 0 Å². The fourth-order valence-corrected chi connectivity index (χ4v) is 1.09. The molecule has 0 bridgehead atoms. The van der Waals surface area contributed by atoms with Crippen LogP contribution < -0.4 is 5.32 Å². The number of amides is 1. The largest absolute Gasteiger partial charge is 0.480 e. The van der Waals surface area contributed by atoms with Crippen molar-refractivity contribution in [3.8, 4) is 0 Å². The number of alkyl halides is 1. The summed E-state index contributed by atoms with van der Waals surface area (Å²) in [5, 5.41) is 11.1. The number of carbonyl (C=O) groups excluding carboxylic acids is 1. The van der Waals surface area contributed by atoms with Gasteiger partial charge in [-0.15, -0.1) is 0 Å². The Morgan fingerprint density at radius 3 is 2.06 bits per heavy atom. The normalized spacial score (nSPS) is 14.0. The van der Waals surface area contributed by atoms with Gasteiger partial charge in [0.1, 0.15) is 11.6 Å². The number of rotatable bonds is 4. The second-order valence-corrected chi connectivity index (χ2v) is 5.54. The van der Waals surface area contributed by atoms with E-state index in [0.29, 0.717) is 0 Å². The van der Waals surface area contributed by atoms with E-state index in [9.17, 15) is 14.0 Å². The lowest BCUT2D eigenvalue weighted by Crippen LogP contribution is -2.52. The molecule has 17 heavy (non-hydrogen) atoms. The fourth-order valence-electron chi connectivity index (χ4n) is 1.09. The number of aliphatic carboxylic acids is 1. The van der Waals surface area contributed by atoms with Crippen molar-refractivity contribution in [2.45, 2.75) is 46.3 Å². The van der Waals surface area contributed by atoms with Crippen molar-refractivity contribution in [2.24, 2.45) is 5.41 Å². The molecule has 0 aromatic heterocycles. The topological polar surface area (TPSA) is 75.6 Å². The molecule has 6 heteroatoms. The Morgan fingerprint density at radius 1 is 1.29 bits per heavy atom. The van der Waals surface area contributed by atoms with E-state index in [-0.39, 0.29) is 0 Å². The molecule has 0 radical (unpaired) electrons. The maximum Gasteiger partial charge on any atom is 0.408 e. The summed E-state index contributed by atoms with van der Waals surface area (Å²) in [5.74, 6) is -1.29. The molecule has 0 spiro atoms. The van der Waals surface area contributed by atoms with Crippen LogP contribution in [0.25, 0.3) is 0 Å². The summed E-state index contributed by atoms with van der Waals surface area (Å²) in [6.07, 6.45) is -0.869. The average molecular weight is 249 g/mol. The molecule has 0 saturated heterocycles. The van der Waals surface area contributed by atoms with Crippen LogP contribution in [-0.4, -0.2) is 35.5 Å². The molecule has 0 aliphatic heterocycles. The third-order valence-electron chi connectivity index (χ3n) is 2.03. The number of hydrogen-bond donors (Lipinski definition) is 2. The predicted molar refractivity (Wildman–Crippen MR) is 60.5 cm³/mol. The highest BCUT2D eigenvalue weighted by molar-refractivity contribution is 5.80. The highest BCUT2D eigenvalue weighted by Gasteiger charge is 2.37. The van der Waals surface area contributed by atoms with E-state index in [0.717, 1.165) is 0 Å². The molecule has 5 nitrogen and oxygen atoms in total. The number of carbonyl (C=O) groups is 2. The summed E-state index contributed by atoms with van der Waals surface area (Å²) in [7, 11) is 0. The number of alkyl carbamates (subject to hydrolysis) is 1. The molecule has 1 atom stereocenters. The Balaban J connectivity index is 4.69. The molecule has 0 aliphatic carbocycles. The molecule has 100 valence electrons. The summed E-state index contributed by atoms with van der Waals surface area (Å²) in [4.78, 5) is 22.4. The molecule has 2 N–H and O–H groups in total. The van der Waals surface area contributed by atoms with Crippen LogP contribution in [0.2, 0.25) is 0 Å². The molecule has 0 rings (SSSR count). The van der Waals surface area contributed by atoms with Crippen LogP contribution >= 0.6 is 0 Å². The molecule has 0 saturated carbocycles. The highest BCUT2D eigenvalue weighted by atomic mass is 19.1. The second kappa shape index (κ2) is 5.33. The number of carboxylic acid groups (broad SMARTS) is 1. The van der Waals surface area contributed by atoms with Crippen molar-refractivity contribution in [1.29, 1.82) is 0 Å². The van der Waals surface area contributed by atoms with Crippen LogP contribution in [0.4, 0.5) is 9.18 Å². The molecule has 0 aromatic rings. The first-order valence-electron chi connectivity index (χ1n) is 5.28. The smallest absolute Gasteiger partial charge is 0.408 e. The van der Waals surface area contributed by atoms with Gasteiger partial charge in [0.05, 0.1) is 6.67 Å². The zero-order valence-corrected chi connectivity index (χ0v) is 10.8. The maximum absolute atomic E-state index is 12.7. The van der Waals surface area contributed by atoms with E-state index in [2.05, 4.69) is 5.32 Å². The van der Waals surface area contributed by atoms with Gasteiger partial charge < -0.3 is 15.2 Å². The first kappa shape index (κ1) is 15.7. The van der Waals surface area contributed by atoms with Gasteiger partial charge in [-0.3, -0.25) is 4.39 Å². The molecule has 1 amide bonds. The van der Waals surface area contributed by atoms with Crippen molar-refractivity contribution in [3.63, 3.8) is 0 Å². The van der Waals surface area contributed by atoms with Crippen LogP contribution in [0.15, 0.2) is 0 Å². The SMILES string of the molecule is CC(C)(C)OC(=O)NC(C(=O)O)C(C)(C)CF. The summed E-state index contributed by atoms with van der Waals surface area (Å²) in [6.45, 7) is 6.94. The van der Waals surface area contributed by atoms with E-state index in [1.54, 1.807) is 20.8 Å². The lowest BCUT2D eigenvalue weighted by Gasteiger charge is -2.30. The zero-order chi connectivity index (χ0) is 13.9. The molecule has 0 fully saturated rings. The van der Waals surface area contributed by atoms with Gasteiger partial charge in [-0.05, 0) is 20.8 Å². The van der Waals surface area contributed by atoms with E-state index >= 15 is 0 Å². The standard InChI is InChI=1S/C11H20FNO4/c1-10(2,3)17-9(16)13-7(8(14)15)11(4,5)6-12/h7H,6H2,1-5H3,(H,13,16)(H,14,15). The lowest BCUT2D eigenvalue weighted by atomic mass is 9.86. The lowest BCUT2D eigenvalue weighted by molar-refractivity contribution is -0.143. The van der Waals surface area contributed by atoms with Crippen LogP contribution in [-0.2, 0) is 9.53 Å². The number of carboxylic acids is 1. The minimum absolute atomic E-state index is 0.729. The highest BCUT2D eigenvalue weighted by Crippen LogP contribution is 2.22. The first-order chi connectivity index (χ1) is 7.49. The second-order valence-electron chi connectivity index (χ2n) is 5.54. The quantitative estimate of drug-likeness (QED) is 0.798. The molecule has 1 unspecified atom stereocenters. The third kappa shape index (κ3) is 5.51. The number of hydrogen-bond acceptors (Lipinski definition) is 3. The molecule has 0 heterocycles. The maximum atomic E-state index is 12.7. The first-order valence-corrected chi connectivity index (χ1v) is 5.28. The summed E-state index contributed by atoms with van der Waals surface area (Å²) < 4.78 is 17.6. The summed E-state index contributed by atoms with van der Waals surface area (Å²) >= 11 is 0. The van der Waals surface area contributed by atoms with Gasteiger partial charge in [0.15, 0.2) is 0 Å². The number of halogens is 1. The molecular formula is C11H20FNO4. The van der Waals surface area contributed by atoms with E-state index < -0.39 is 35.8 Å². The minimum Gasteiger partial charge on any atom is -0.480 e. The third-order valence-corrected chi connectivity index (χ3v) is 2.03. The van der Waals surface area contributed by atoms with Crippen molar-refractivity contribution >= 4 is 12.1 Å². The van der Waals surface area contributed by atoms with Gasteiger partial charge in [-0.2, -0.15) is 0 Å². The van der Waals surface area contributed by atoms with Gasteiger partial charge in [0.25, 0.3) is 0 Å². The number of nitrogens with one attached hydrogen (secondary N) is 1. The molecule has 0 aromatic carbocycles. The Bertz CT molecular complexity index is 296.